The van der Waals surface area contributed by atoms with Gasteiger partial charge in [-0.2, -0.15) is 4.80 Å². The Labute approximate surface area is 121 Å². The Morgan fingerprint density at radius 1 is 1.33 bits per heavy atom. The van der Waals surface area contributed by atoms with Gasteiger partial charge in [-0.25, -0.2) is 4.98 Å². The molecule has 3 aromatic rings. The highest BCUT2D eigenvalue weighted by Crippen LogP contribution is 2.10. The van der Waals surface area contributed by atoms with Crippen molar-refractivity contribution in [2.45, 2.75) is 33.2 Å². The second-order valence-electron chi connectivity index (χ2n) is 4.92. The van der Waals surface area contributed by atoms with Gasteiger partial charge in [0.15, 0.2) is 0 Å². The minimum atomic E-state index is -0.182. The van der Waals surface area contributed by atoms with Crippen LogP contribution in [0.15, 0.2) is 29.3 Å². The molecule has 0 aliphatic rings. The second kappa shape index (κ2) is 5.43. The molecule has 3 heterocycles. The average Bonchev–Trinajstić information content (AvgIpc) is 2.95. The number of hydrogen-bond acceptors (Lipinski definition) is 5. The maximum atomic E-state index is 12.5. The summed E-state index contributed by atoms with van der Waals surface area (Å²) in [5.41, 5.74) is 1.77. The minimum Gasteiger partial charge on any atom is -0.268 e. The molecule has 0 aliphatic carbocycles. The smallest absolute Gasteiger partial charge is 0.268 e. The van der Waals surface area contributed by atoms with Gasteiger partial charge in [-0.15, -0.1) is 10.2 Å². The van der Waals surface area contributed by atoms with E-state index in [-0.39, 0.29) is 5.56 Å². The summed E-state index contributed by atoms with van der Waals surface area (Å²) >= 11 is 0. The first-order valence-corrected chi connectivity index (χ1v) is 6.96. The SMILES string of the molecule is CCCCn1nnc(-c2cnc3c(C)cccn3c2=O)n1. The molecule has 0 radical (unpaired) electrons. The molecule has 0 aromatic carbocycles. The van der Waals surface area contributed by atoms with E-state index in [1.807, 2.05) is 19.1 Å². The number of rotatable bonds is 4. The van der Waals surface area contributed by atoms with Crippen LogP contribution in [-0.2, 0) is 6.54 Å². The standard InChI is InChI=1S/C14H16N6O/c1-3-4-8-20-17-12(16-18-20)11-9-15-13-10(2)6-5-7-19(13)14(11)21/h5-7,9H,3-4,8H2,1-2H3. The van der Waals surface area contributed by atoms with Crippen molar-refractivity contribution in [1.82, 2.24) is 29.6 Å². The van der Waals surface area contributed by atoms with E-state index in [1.54, 1.807) is 6.20 Å². The van der Waals surface area contributed by atoms with Crippen LogP contribution in [0.2, 0.25) is 0 Å². The third kappa shape index (κ3) is 2.42. The monoisotopic (exact) mass is 284 g/mol. The molecule has 0 amide bonds. The zero-order chi connectivity index (χ0) is 14.8. The lowest BCUT2D eigenvalue weighted by Gasteiger charge is -2.03. The largest absolute Gasteiger partial charge is 0.269 e. The summed E-state index contributed by atoms with van der Waals surface area (Å²) in [7, 11) is 0. The molecule has 0 fully saturated rings. The van der Waals surface area contributed by atoms with Gasteiger partial charge >= 0.3 is 0 Å². The Kier molecular flexibility index (Phi) is 3.47. The lowest BCUT2D eigenvalue weighted by atomic mass is 10.2. The summed E-state index contributed by atoms with van der Waals surface area (Å²) in [5, 5.41) is 12.2. The van der Waals surface area contributed by atoms with E-state index in [4.69, 9.17) is 0 Å². The molecule has 7 heteroatoms. The fourth-order valence-corrected chi connectivity index (χ4v) is 2.15. The number of nitrogens with zero attached hydrogens (tertiary/aromatic N) is 6. The first kappa shape index (κ1) is 13.4. The summed E-state index contributed by atoms with van der Waals surface area (Å²) in [4.78, 5) is 18.4. The molecular formula is C14H16N6O. The number of hydrogen-bond donors (Lipinski definition) is 0. The first-order chi connectivity index (χ1) is 10.2. The van der Waals surface area contributed by atoms with Crippen molar-refractivity contribution in [3.05, 3.63) is 40.4 Å². The highest BCUT2D eigenvalue weighted by atomic mass is 16.1. The highest BCUT2D eigenvalue weighted by Gasteiger charge is 2.13. The zero-order valence-corrected chi connectivity index (χ0v) is 12.0. The van der Waals surface area contributed by atoms with E-state index >= 15 is 0 Å². The van der Waals surface area contributed by atoms with Crippen LogP contribution in [0.25, 0.3) is 17.0 Å². The molecule has 0 aliphatic heterocycles. The number of unbranched alkanes of at least 4 members (excludes halogenated alkanes) is 1. The maximum Gasteiger partial charge on any atom is 0.269 e. The van der Waals surface area contributed by atoms with Crippen molar-refractivity contribution in [3.63, 3.8) is 0 Å². The molecule has 0 saturated heterocycles. The van der Waals surface area contributed by atoms with Gasteiger partial charge in [0.2, 0.25) is 5.82 Å². The molecule has 21 heavy (non-hydrogen) atoms. The van der Waals surface area contributed by atoms with Gasteiger partial charge in [0.05, 0.1) is 6.54 Å². The van der Waals surface area contributed by atoms with Gasteiger partial charge in [-0.05, 0) is 30.2 Å². The van der Waals surface area contributed by atoms with E-state index in [9.17, 15) is 4.79 Å². The summed E-state index contributed by atoms with van der Waals surface area (Å²) in [6, 6.07) is 3.74. The van der Waals surface area contributed by atoms with Gasteiger partial charge < -0.3 is 0 Å². The number of aryl methyl sites for hydroxylation is 2. The van der Waals surface area contributed by atoms with Crippen LogP contribution in [0.1, 0.15) is 25.3 Å². The van der Waals surface area contributed by atoms with E-state index in [2.05, 4.69) is 27.3 Å². The van der Waals surface area contributed by atoms with Gasteiger partial charge in [0, 0.05) is 12.4 Å². The third-order valence-corrected chi connectivity index (χ3v) is 3.33. The summed E-state index contributed by atoms with van der Waals surface area (Å²) in [5.74, 6) is 0.319. The van der Waals surface area contributed by atoms with E-state index in [0.29, 0.717) is 23.6 Å². The van der Waals surface area contributed by atoms with Crippen LogP contribution < -0.4 is 5.56 Å². The normalized spacial score (nSPS) is 11.1. The molecule has 0 spiro atoms. The van der Waals surface area contributed by atoms with Crippen LogP contribution in [-0.4, -0.2) is 29.6 Å². The molecule has 0 N–H and O–H groups in total. The predicted molar refractivity (Wildman–Crippen MR) is 77.9 cm³/mol. The maximum absolute atomic E-state index is 12.5. The fraction of sp³-hybridized carbons (Fsp3) is 0.357. The van der Waals surface area contributed by atoms with Crippen LogP contribution in [0.3, 0.4) is 0 Å². The molecule has 0 unspecified atom stereocenters. The quantitative estimate of drug-likeness (QED) is 0.724. The Balaban J connectivity index is 2.07. The Morgan fingerprint density at radius 2 is 2.19 bits per heavy atom. The summed E-state index contributed by atoms with van der Waals surface area (Å²) in [6.07, 6.45) is 5.24. The van der Waals surface area contributed by atoms with Gasteiger partial charge in [-0.1, -0.05) is 19.4 Å². The van der Waals surface area contributed by atoms with E-state index < -0.39 is 0 Å². The lowest BCUT2D eigenvalue weighted by molar-refractivity contribution is 0.496. The van der Waals surface area contributed by atoms with Gasteiger partial charge in [-0.3, -0.25) is 9.20 Å². The fourth-order valence-electron chi connectivity index (χ4n) is 2.15. The molecule has 3 aromatic heterocycles. The topological polar surface area (TPSA) is 78.0 Å². The van der Waals surface area contributed by atoms with Crippen LogP contribution in [0, 0.1) is 6.92 Å². The van der Waals surface area contributed by atoms with Crippen molar-refractivity contribution < 1.29 is 0 Å². The molecule has 0 saturated carbocycles. The Bertz CT molecular complexity index is 835. The molecule has 7 nitrogen and oxygen atoms in total. The predicted octanol–water partition coefficient (Wildman–Crippen LogP) is 1.46. The number of tetrazole rings is 1. The van der Waals surface area contributed by atoms with Crippen molar-refractivity contribution in [3.8, 4) is 11.4 Å². The van der Waals surface area contributed by atoms with Crippen LogP contribution in [0.4, 0.5) is 0 Å². The van der Waals surface area contributed by atoms with Crippen LogP contribution >= 0.6 is 0 Å². The second-order valence-corrected chi connectivity index (χ2v) is 4.92. The van der Waals surface area contributed by atoms with E-state index in [1.165, 1.54) is 15.4 Å². The van der Waals surface area contributed by atoms with Crippen molar-refractivity contribution in [2.24, 2.45) is 0 Å². The molecule has 0 atom stereocenters. The van der Waals surface area contributed by atoms with Crippen molar-refractivity contribution in [2.75, 3.05) is 0 Å². The first-order valence-electron chi connectivity index (χ1n) is 6.96. The van der Waals surface area contributed by atoms with E-state index in [0.717, 1.165) is 18.4 Å². The molecule has 108 valence electrons. The Hall–Kier alpha value is -2.57. The van der Waals surface area contributed by atoms with Gasteiger partial charge in [0.1, 0.15) is 11.2 Å². The van der Waals surface area contributed by atoms with Crippen LogP contribution in [0.5, 0.6) is 0 Å². The molecule has 0 bridgehead atoms. The summed E-state index contributed by atoms with van der Waals surface area (Å²) < 4.78 is 1.51. The number of pyridine rings is 1. The Morgan fingerprint density at radius 3 is 3.00 bits per heavy atom. The minimum absolute atomic E-state index is 0.182. The van der Waals surface area contributed by atoms with Crippen molar-refractivity contribution >= 4 is 5.65 Å². The van der Waals surface area contributed by atoms with Crippen molar-refractivity contribution in [1.29, 1.82) is 0 Å². The zero-order valence-electron chi connectivity index (χ0n) is 12.0. The average molecular weight is 284 g/mol. The summed E-state index contributed by atoms with van der Waals surface area (Å²) in [6.45, 7) is 4.71. The highest BCUT2D eigenvalue weighted by molar-refractivity contribution is 5.56. The molecular weight excluding hydrogens is 268 g/mol. The number of fused-ring (bicyclic) bond motifs is 1. The number of aromatic nitrogens is 6. The lowest BCUT2D eigenvalue weighted by Crippen LogP contribution is -2.17. The molecule has 3 rings (SSSR count). The van der Waals surface area contributed by atoms with Gasteiger partial charge in [0.25, 0.3) is 5.56 Å². The third-order valence-electron chi connectivity index (χ3n) is 3.33.